The van der Waals surface area contributed by atoms with Gasteiger partial charge in [-0.15, -0.1) is 13.2 Å². The summed E-state index contributed by atoms with van der Waals surface area (Å²) in [5.41, 5.74) is 0.473. The number of hydrogen-bond acceptors (Lipinski definition) is 2. The summed E-state index contributed by atoms with van der Waals surface area (Å²) in [5.74, 6) is -0.308. The van der Waals surface area contributed by atoms with Crippen molar-refractivity contribution in [3.8, 4) is 5.75 Å². The zero-order valence-corrected chi connectivity index (χ0v) is 12.2. The fraction of sp³-hybridized carbons (Fsp3) is 0.500. The highest BCUT2D eigenvalue weighted by atomic mass is 19.4. The fourth-order valence-corrected chi connectivity index (χ4v) is 1.44. The van der Waals surface area contributed by atoms with Crippen molar-refractivity contribution in [1.82, 2.24) is 10.6 Å². The molecule has 1 rings (SSSR count). The van der Waals surface area contributed by atoms with Crippen LogP contribution in [0, 0.1) is 5.41 Å². The van der Waals surface area contributed by atoms with Crippen LogP contribution in [0.2, 0.25) is 0 Å². The Kier molecular flexibility index (Phi) is 5.46. The molecule has 0 aliphatic carbocycles. The van der Waals surface area contributed by atoms with Gasteiger partial charge in [0.1, 0.15) is 5.75 Å². The minimum absolute atomic E-state index is 0.0438. The number of benzene rings is 1. The second-order valence-corrected chi connectivity index (χ2v) is 5.79. The van der Waals surface area contributed by atoms with E-state index in [0.29, 0.717) is 12.1 Å². The molecule has 0 atom stereocenters. The Morgan fingerprint density at radius 2 is 1.86 bits per heavy atom. The third-order valence-corrected chi connectivity index (χ3v) is 2.36. The smallest absolute Gasteiger partial charge is 0.406 e. The number of ether oxygens (including phenoxy) is 1. The van der Waals surface area contributed by atoms with E-state index in [4.69, 9.17) is 0 Å². The Morgan fingerprint density at radius 1 is 1.19 bits per heavy atom. The molecule has 0 fully saturated rings. The van der Waals surface area contributed by atoms with E-state index in [1.54, 1.807) is 6.07 Å². The highest BCUT2D eigenvalue weighted by Gasteiger charge is 2.31. The summed E-state index contributed by atoms with van der Waals surface area (Å²) < 4.78 is 40.1. The number of amides is 2. The maximum absolute atomic E-state index is 12.1. The van der Waals surface area contributed by atoms with Gasteiger partial charge in [-0.1, -0.05) is 32.9 Å². The minimum Gasteiger partial charge on any atom is -0.406 e. The fourth-order valence-electron chi connectivity index (χ4n) is 1.44. The van der Waals surface area contributed by atoms with E-state index < -0.39 is 6.36 Å². The summed E-state index contributed by atoms with van der Waals surface area (Å²) in [6.07, 6.45) is -4.73. The molecule has 0 saturated heterocycles. The van der Waals surface area contributed by atoms with Gasteiger partial charge in [-0.2, -0.15) is 0 Å². The maximum Gasteiger partial charge on any atom is 0.573 e. The molecular formula is C14H19F3N2O2. The molecule has 0 saturated carbocycles. The van der Waals surface area contributed by atoms with Crippen LogP contribution in [0.5, 0.6) is 5.75 Å². The predicted molar refractivity (Wildman–Crippen MR) is 72.8 cm³/mol. The van der Waals surface area contributed by atoms with Crippen LogP contribution in [0.3, 0.4) is 0 Å². The Balaban J connectivity index is 2.48. The first kappa shape index (κ1) is 17.1. The van der Waals surface area contributed by atoms with Crippen molar-refractivity contribution in [2.24, 2.45) is 5.41 Å². The van der Waals surface area contributed by atoms with Crippen LogP contribution < -0.4 is 15.4 Å². The van der Waals surface area contributed by atoms with Gasteiger partial charge in [-0.25, -0.2) is 4.79 Å². The summed E-state index contributed by atoms with van der Waals surface area (Å²) in [6, 6.07) is 5.11. The van der Waals surface area contributed by atoms with E-state index in [1.165, 1.54) is 18.2 Å². The van der Waals surface area contributed by atoms with Crippen LogP contribution in [0.1, 0.15) is 26.3 Å². The molecule has 0 aliphatic rings. The van der Waals surface area contributed by atoms with Gasteiger partial charge in [0.15, 0.2) is 0 Å². The lowest BCUT2D eigenvalue weighted by Crippen LogP contribution is -2.39. The van der Waals surface area contributed by atoms with E-state index >= 15 is 0 Å². The zero-order valence-electron chi connectivity index (χ0n) is 12.2. The van der Waals surface area contributed by atoms with Gasteiger partial charge in [0, 0.05) is 13.1 Å². The molecule has 4 nitrogen and oxygen atoms in total. The van der Waals surface area contributed by atoms with Gasteiger partial charge in [-0.3, -0.25) is 0 Å². The number of carbonyl (C=O) groups is 1. The molecule has 0 aliphatic heterocycles. The van der Waals surface area contributed by atoms with Crippen molar-refractivity contribution < 1.29 is 22.7 Å². The summed E-state index contributed by atoms with van der Waals surface area (Å²) in [4.78, 5) is 11.5. The molecule has 1 aromatic carbocycles. The first-order chi connectivity index (χ1) is 9.55. The van der Waals surface area contributed by atoms with Gasteiger partial charge in [0.2, 0.25) is 0 Å². The zero-order chi connectivity index (χ0) is 16.1. The molecule has 0 unspecified atom stereocenters. The lowest BCUT2D eigenvalue weighted by molar-refractivity contribution is -0.274. The highest BCUT2D eigenvalue weighted by Crippen LogP contribution is 2.23. The van der Waals surface area contributed by atoms with Crippen molar-refractivity contribution >= 4 is 6.03 Å². The van der Waals surface area contributed by atoms with Crippen LogP contribution in [0.15, 0.2) is 24.3 Å². The van der Waals surface area contributed by atoms with Gasteiger partial charge in [-0.05, 0) is 23.1 Å². The van der Waals surface area contributed by atoms with E-state index in [-0.39, 0.29) is 23.7 Å². The number of carbonyl (C=O) groups excluding carboxylic acids is 1. The molecule has 2 amide bonds. The molecule has 0 bridgehead atoms. The average Bonchev–Trinajstić information content (AvgIpc) is 2.31. The van der Waals surface area contributed by atoms with Gasteiger partial charge < -0.3 is 15.4 Å². The van der Waals surface area contributed by atoms with Crippen molar-refractivity contribution in [3.05, 3.63) is 29.8 Å². The van der Waals surface area contributed by atoms with E-state index in [2.05, 4.69) is 15.4 Å². The first-order valence-electron chi connectivity index (χ1n) is 6.41. The molecule has 7 heteroatoms. The number of rotatable bonds is 4. The Bertz CT molecular complexity index is 482. The standard InChI is InChI=1S/C14H19F3N2O2/c1-13(2,3)9-19-12(20)18-8-10-5-4-6-11(7-10)21-14(15,16)17/h4-7H,8-9H2,1-3H3,(H2,18,19,20). The maximum atomic E-state index is 12.1. The Hall–Kier alpha value is -1.92. The van der Waals surface area contributed by atoms with Crippen molar-refractivity contribution in [1.29, 1.82) is 0 Å². The molecule has 0 spiro atoms. The summed E-state index contributed by atoms with van der Waals surface area (Å²) in [7, 11) is 0. The molecule has 2 N–H and O–H groups in total. The van der Waals surface area contributed by atoms with Gasteiger partial charge in [0.25, 0.3) is 0 Å². The van der Waals surface area contributed by atoms with Gasteiger partial charge >= 0.3 is 12.4 Å². The topological polar surface area (TPSA) is 50.4 Å². The lowest BCUT2D eigenvalue weighted by atomic mass is 9.97. The SMILES string of the molecule is CC(C)(C)CNC(=O)NCc1cccc(OC(F)(F)F)c1. The monoisotopic (exact) mass is 304 g/mol. The number of nitrogens with one attached hydrogen (secondary N) is 2. The first-order valence-corrected chi connectivity index (χ1v) is 6.41. The Morgan fingerprint density at radius 3 is 2.43 bits per heavy atom. The van der Waals surface area contributed by atoms with Crippen molar-refractivity contribution in [3.63, 3.8) is 0 Å². The largest absolute Gasteiger partial charge is 0.573 e. The molecule has 21 heavy (non-hydrogen) atoms. The lowest BCUT2D eigenvalue weighted by Gasteiger charge is -2.19. The molecule has 0 heterocycles. The third-order valence-electron chi connectivity index (χ3n) is 2.36. The number of urea groups is 1. The summed E-state index contributed by atoms with van der Waals surface area (Å²) >= 11 is 0. The van der Waals surface area contributed by atoms with Gasteiger partial charge in [0.05, 0.1) is 0 Å². The normalized spacial score (nSPS) is 11.9. The minimum atomic E-state index is -4.73. The predicted octanol–water partition coefficient (Wildman–Crippen LogP) is 3.43. The number of halogens is 3. The van der Waals surface area contributed by atoms with E-state index in [1.807, 2.05) is 20.8 Å². The van der Waals surface area contributed by atoms with Crippen molar-refractivity contribution in [2.45, 2.75) is 33.7 Å². The van der Waals surface area contributed by atoms with Crippen LogP contribution in [-0.2, 0) is 6.54 Å². The molecule has 1 aromatic rings. The second-order valence-electron chi connectivity index (χ2n) is 5.79. The van der Waals surface area contributed by atoms with Crippen LogP contribution in [-0.4, -0.2) is 18.9 Å². The quantitative estimate of drug-likeness (QED) is 0.895. The third kappa shape index (κ3) is 8.06. The van der Waals surface area contributed by atoms with Crippen molar-refractivity contribution in [2.75, 3.05) is 6.54 Å². The molecule has 0 aromatic heterocycles. The second kappa shape index (κ2) is 6.69. The summed E-state index contributed by atoms with van der Waals surface area (Å²) in [5, 5.41) is 5.26. The average molecular weight is 304 g/mol. The van der Waals surface area contributed by atoms with Crippen LogP contribution in [0.25, 0.3) is 0 Å². The van der Waals surface area contributed by atoms with E-state index in [0.717, 1.165) is 0 Å². The van der Waals surface area contributed by atoms with E-state index in [9.17, 15) is 18.0 Å². The van der Waals surface area contributed by atoms with Crippen LogP contribution in [0.4, 0.5) is 18.0 Å². The molecule has 118 valence electrons. The highest BCUT2D eigenvalue weighted by molar-refractivity contribution is 5.73. The summed E-state index contributed by atoms with van der Waals surface area (Å²) in [6.45, 7) is 6.54. The Labute approximate surface area is 121 Å². The van der Waals surface area contributed by atoms with Crippen LogP contribution >= 0.6 is 0 Å². The molecular weight excluding hydrogens is 285 g/mol. The molecule has 0 radical (unpaired) electrons. The number of hydrogen-bond donors (Lipinski definition) is 2. The number of alkyl halides is 3.